The SMILES string of the molecule is C[C@H]1[C@@H](NC(=O)Cn2cc(Br)ccc2=O)CCC[C@@H]1C. The van der Waals surface area contributed by atoms with Crippen LogP contribution < -0.4 is 10.9 Å². The minimum atomic E-state index is -0.159. The second-order valence-electron chi connectivity index (χ2n) is 5.75. The summed E-state index contributed by atoms with van der Waals surface area (Å²) in [7, 11) is 0. The van der Waals surface area contributed by atoms with Crippen LogP contribution in [0.1, 0.15) is 33.1 Å². The Labute approximate surface area is 127 Å². The Morgan fingerprint density at radius 1 is 1.40 bits per heavy atom. The zero-order chi connectivity index (χ0) is 14.7. The molecule has 1 aliphatic carbocycles. The molecule has 4 nitrogen and oxygen atoms in total. The van der Waals surface area contributed by atoms with E-state index in [0.717, 1.165) is 17.3 Å². The first-order valence-corrected chi connectivity index (χ1v) is 7.92. The van der Waals surface area contributed by atoms with E-state index >= 15 is 0 Å². The summed E-state index contributed by atoms with van der Waals surface area (Å²) in [5, 5.41) is 3.08. The first-order chi connectivity index (χ1) is 9.47. The number of carbonyl (C=O) groups excluding carboxylic acids is 1. The molecular weight excluding hydrogens is 320 g/mol. The number of nitrogens with one attached hydrogen (secondary N) is 1. The molecule has 1 aromatic rings. The van der Waals surface area contributed by atoms with Gasteiger partial charge in [0.1, 0.15) is 6.54 Å². The summed E-state index contributed by atoms with van der Waals surface area (Å²) in [6.07, 6.45) is 5.07. The highest BCUT2D eigenvalue weighted by Crippen LogP contribution is 2.29. The number of nitrogens with zero attached hydrogens (tertiary/aromatic N) is 1. The van der Waals surface area contributed by atoms with Crippen LogP contribution in [-0.4, -0.2) is 16.5 Å². The van der Waals surface area contributed by atoms with Crippen LogP contribution in [0.4, 0.5) is 0 Å². The second-order valence-corrected chi connectivity index (χ2v) is 6.67. The lowest BCUT2D eigenvalue weighted by atomic mass is 9.78. The van der Waals surface area contributed by atoms with Crippen LogP contribution in [0, 0.1) is 11.8 Å². The molecule has 1 aromatic heterocycles. The van der Waals surface area contributed by atoms with Gasteiger partial charge in [-0.1, -0.05) is 26.7 Å². The fourth-order valence-corrected chi connectivity index (χ4v) is 3.20. The predicted octanol–water partition coefficient (Wildman–Crippen LogP) is 2.55. The Bertz CT molecular complexity index is 541. The van der Waals surface area contributed by atoms with E-state index in [-0.39, 0.29) is 24.1 Å². The Balaban J connectivity index is 1.98. The van der Waals surface area contributed by atoms with E-state index < -0.39 is 0 Å². The minimum Gasteiger partial charge on any atom is -0.352 e. The third kappa shape index (κ3) is 3.72. The zero-order valence-corrected chi connectivity index (χ0v) is 13.5. The van der Waals surface area contributed by atoms with Gasteiger partial charge in [0.05, 0.1) is 0 Å². The van der Waals surface area contributed by atoms with Crippen molar-refractivity contribution in [3.63, 3.8) is 0 Å². The molecule has 1 saturated carbocycles. The van der Waals surface area contributed by atoms with Gasteiger partial charge in [-0.05, 0) is 40.3 Å². The van der Waals surface area contributed by atoms with Crippen LogP contribution in [-0.2, 0) is 11.3 Å². The maximum Gasteiger partial charge on any atom is 0.251 e. The van der Waals surface area contributed by atoms with Crippen molar-refractivity contribution in [2.75, 3.05) is 0 Å². The average molecular weight is 341 g/mol. The van der Waals surface area contributed by atoms with Crippen LogP contribution in [0.3, 0.4) is 0 Å². The van der Waals surface area contributed by atoms with Gasteiger partial charge in [-0.25, -0.2) is 0 Å². The zero-order valence-electron chi connectivity index (χ0n) is 11.9. The van der Waals surface area contributed by atoms with E-state index in [4.69, 9.17) is 0 Å². The minimum absolute atomic E-state index is 0.0792. The largest absolute Gasteiger partial charge is 0.352 e. The molecule has 2 rings (SSSR count). The van der Waals surface area contributed by atoms with Crippen LogP contribution in [0.5, 0.6) is 0 Å². The summed E-state index contributed by atoms with van der Waals surface area (Å²) in [6, 6.07) is 3.37. The van der Waals surface area contributed by atoms with E-state index in [1.165, 1.54) is 17.1 Å². The average Bonchev–Trinajstić information content (AvgIpc) is 2.39. The van der Waals surface area contributed by atoms with Crippen LogP contribution in [0.25, 0.3) is 0 Å². The molecular formula is C15H21BrN2O2. The molecule has 1 N–H and O–H groups in total. The van der Waals surface area contributed by atoms with Crippen molar-refractivity contribution in [2.24, 2.45) is 11.8 Å². The number of hydrogen-bond acceptors (Lipinski definition) is 2. The number of halogens is 1. The van der Waals surface area contributed by atoms with Crippen LogP contribution in [0.15, 0.2) is 27.6 Å². The summed E-state index contributed by atoms with van der Waals surface area (Å²) in [5.74, 6) is 1.05. The molecule has 1 aliphatic rings. The molecule has 0 bridgehead atoms. The van der Waals surface area contributed by atoms with Gasteiger partial charge in [-0.3, -0.25) is 9.59 Å². The van der Waals surface area contributed by atoms with Gasteiger partial charge >= 0.3 is 0 Å². The highest BCUT2D eigenvalue weighted by Gasteiger charge is 2.28. The Morgan fingerprint density at radius 2 is 2.15 bits per heavy atom. The van der Waals surface area contributed by atoms with E-state index in [9.17, 15) is 9.59 Å². The fraction of sp³-hybridized carbons (Fsp3) is 0.600. The molecule has 1 heterocycles. The molecule has 3 atom stereocenters. The van der Waals surface area contributed by atoms with Crippen LogP contribution in [0.2, 0.25) is 0 Å². The summed E-state index contributed by atoms with van der Waals surface area (Å²) < 4.78 is 2.22. The molecule has 110 valence electrons. The number of pyridine rings is 1. The Morgan fingerprint density at radius 3 is 2.90 bits per heavy atom. The van der Waals surface area contributed by atoms with Crippen molar-refractivity contribution >= 4 is 21.8 Å². The monoisotopic (exact) mass is 340 g/mol. The lowest BCUT2D eigenvalue weighted by Gasteiger charge is -2.34. The molecule has 0 saturated heterocycles. The topological polar surface area (TPSA) is 51.1 Å². The van der Waals surface area contributed by atoms with Crippen LogP contribution >= 0.6 is 15.9 Å². The quantitative estimate of drug-likeness (QED) is 0.919. The van der Waals surface area contributed by atoms with E-state index in [1.54, 1.807) is 12.3 Å². The Kier molecular flexibility index (Phi) is 5.02. The second kappa shape index (κ2) is 6.57. The van der Waals surface area contributed by atoms with Crippen molar-refractivity contribution in [1.82, 2.24) is 9.88 Å². The normalized spacial score (nSPS) is 26.2. The van der Waals surface area contributed by atoms with Crippen molar-refractivity contribution in [1.29, 1.82) is 0 Å². The first kappa shape index (κ1) is 15.3. The van der Waals surface area contributed by atoms with E-state index in [2.05, 4.69) is 35.1 Å². The number of hydrogen-bond donors (Lipinski definition) is 1. The van der Waals surface area contributed by atoms with Crippen molar-refractivity contribution in [2.45, 2.75) is 45.7 Å². The first-order valence-electron chi connectivity index (χ1n) is 7.12. The van der Waals surface area contributed by atoms with Crippen molar-refractivity contribution < 1.29 is 4.79 Å². The smallest absolute Gasteiger partial charge is 0.251 e. The standard InChI is InChI=1S/C15H21BrN2O2/c1-10-4-3-5-13(11(10)2)17-14(19)9-18-8-12(16)6-7-15(18)20/h6-8,10-11,13H,3-5,9H2,1-2H3,(H,17,19)/t10-,11+,13-/m0/s1. The highest BCUT2D eigenvalue weighted by atomic mass is 79.9. The predicted molar refractivity (Wildman–Crippen MR) is 82.5 cm³/mol. The number of carbonyl (C=O) groups is 1. The number of rotatable bonds is 3. The van der Waals surface area contributed by atoms with Gasteiger partial charge in [-0.2, -0.15) is 0 Å². The van der Waals surface area contributed by atoms with Crippen molar-refractivity contribution in [3.05, 3.63) is 33.2 Å². The third-order valence-electron chi connectivity index (χ3n) is 4.31. The molecule has 1 amide bonds. The van der Waals surface area contributed by atoms with E-state index in [1.807, 2.05) is 0 Å². The van der Waals surface area contributed by atoms with Gasteiger partial charge in [-0.15, -0.1) is 0 Å². The van der Waals surface area contributed by atoms with Crippen molar-refractivity contribution in [3.8, 4) is 0 Å². The molecule has 0 spiro atoms. The van der Waals surface area contributed by atoms with Gasteiger partial charge in [0.25, 0.3) is 5.56 Å². The molecule has 20 heavy (non-hydrogen) atoms. The fourth-order valence-electron chi connectivity index (χ4n) is 2.82. The molecule has 0 unspecified atom stereocenters. The summed E-state index contributed by atoms with van der Waals surface area (Å²) >= 11 is 3.31. The van der Waals surface area contributed by atoms with Gasteiger partial charge < -0.3 is 9.88 Å². The van der Waals surface area contributed by atoms with Gasteiger partial charge in [0.2, 0.25) is 5.91 Å². The summed E-state index contributed by atoms with van der Waals surface area (Å²) in [4.78, 5) is 23.8. The highest BCUT2D eigenvalue weighted by molar-refractivity contribution is 9.10. The number of amides is 1. The lowest BCUT2D eigenvalue weighted by molar-refractivity contribution is -0.123. The molecule has 0 aliphatic heterocycles. The molecule has 0 aromatic carbocycles. The Hall–Kier alpha value is -1.10. The van der Waals surface area contributed by atoms with Gasteiger partial charge in [0.15, 0.2) is 0 Å². The maximum atomic E-state index is 12.1. The lowest BCUT2D eigenvalue weighted by Crippen LogP contribution is -2.45. The number of aromatic nitrogens is 1. The maximum absolute atomic E-state index is 12.1. The molecule has 1 fully saturated rings. The molecule has 5 heteroatoms. The molecule has 0 radical (unpaired) electrons. The summed E-state index contributed by atoms with van der Waals surface area (Å²) in [6.45, 7) is 4.51. The van der Waals surface area contributed by atoms with E-state index in [0.29, 0.717) is 11.8 Å². The third-order valence-corrected chi connectivity index (χ3v) is 4.78. The van der Waals surface area contributed by atoms with Gasteiger partial charge in [0, 0.05) is 22.8 Å². The summed E-state index contributed by atoms with van der Waals surface area (Å²) in [5.41, 5.74) is -0.159.